The summed E-state index contributed by atoms with van der Waals surface area (Å²) in [4.78, 5) is 25.2. The molecule has 4 fully saturated rings. The van der Waals surface area contributed by atoms with Gasteiger partial charge in [-0.25, -0.2) is 0 Å². The Balaban J connectivity index is 2.00. The summed E-state index contributed by atoms with van der Waals surface area (Å²) >= 11 is 11.1. The first kappa shape index (κ1) is 11.6. The highest BCUT2D eigenvalue weighted by Gasteiger charge is 2.82. The van der Waals surface area contributed by atoms with Crippen molar-refractivity contribution in [2.24, 2.45) is 17.8 Å². The highest BCUT2D eigenvalue weighted by molar-refractivity contribution is 9.11. The van der Waals surface area contributed by atoms with Crippen LogP contribution in [-0.4, -0.2) is 24.5 Å². The lowest BCUT2D eigenvalue weighted by Crippen LogP contribution is -2.39. The van der Waals surface area contributed by atoms with Crippen LogP contribution in [0.2, 0.25) is 0 Å². The predicted molar refractivity (Wildman–Crippen MR) is 73.9 cm³/mol. The number of ketones is 2. The van der Waals surface area contributed by atoms with E-state index in [2.05, 4.69) is 47.8 Å². The van der Waals surface area contributed by atoms with Crippen LogP contribution in [0.4, 0.5) is 0 Å². The SMILES string of the molecule is O=C1[C@@H]2CC[C@@]3(Br)C(=O)[C@@]4(Br)CC[C@]1(Br)[C@@H]4[C@H]23. The summed E-state index contributed by atoms with van der Waals surface area (Å²) in [5.74, 6) is 1.06. The molecule has 0 radical (unpaired) electrons. The third-order valence-electron chi connectivity index (χ3n) is 5.48. The predicted octanol–water partition coefficient (Wildman–Crippen LogP) is 2.99. The summed E-state index contributed by atoms with van der Waals surface area (Å²) in [6, 6.07) is 0. The van der Waals surface area contributed by atoms with Crippen LogP contribution in [0.1, 0.15) is 25.7 Å². The Morgan fingerprint density at radius 3 is 2.29 bits per heavy atom. The first-order valence-electron chi connectivity index (χ1n) is 6.02. The second kappa shape index (κ2) is 2.93. The summed E-state index contributed by atoms with van der Waals surface area (Å²) in [5.41, 5.74) is 0. The highest BCUT2D eigenvalue weighted by Crippen LogP contribution is 2.75. The molecule has 4 aliphatic rings. The molecule has 0 aromatic rings. The van der Waals surface area contributed by atoms with Gasteiger partial charge in [0.1, 0.15) is 0 Å². The molecule has 17 heavy (non-hydrogen) atoms. The van der Waals surface area contributed by atoms with Gasteiger partial charge in [-0.15, -0.1) is 0 Å². The van der Waals surface area contributed by atoms with Gasteiger partial charge in [0, 0.05) is 11.8 Å². The highest BCUT2D eigenvalue weighted by atomic mass is 79.9. The number of hydrogen-bond acceptors (Lipinski definition) is 2. The van der Waals surface area contributed by atoms with Crippen molar-refractivity contribution in [2.45, 2.75) is 38.7 Å². The minimum atomic E-state index is -0.463. The van der Waals surface area contributed by atoms with Crippen molar-refractivity contribution >= 4 is 59.4 Å². The first-order chi connectivity index (χ1) is 7.86. The van der Waals surface area contributed by atoms with Gasteiger partial charge in [0.25, 0.3) is 0 Å². The van der Waals surface area contributed by atoms with E-state index >= 15 is 0 Å². The first-order valence-corrected chi connectivity index (χ1v) is 8.39. The topological polar surface area (TPSA) is 34.1 Å². The monoisotopic (exact) mass is 424 g/mol. The van der Waals surface area contributed by atoms with E-state index < -0.39 is 13.0 Å². The van der Waals surface area contributed by atoms with Gasteiger partial charge in [0.15, 0.2) is 11.6 Å². The summed E-state index contributed by atoms with van der Waals surface area (Å²) in [7, 11) is 0. The van der Waals surface area contributed by atoms with Crippen LogP contribution < -0.4 is 0 Å². The zero-order chi connectivity index (χ0) is 12.2. The number of halogens is 3. The van der Waals surface area contributed by atoms with Crippen LogP contribution in [0.5, 0.6) is 0 Å². The molecule has 0 saturated heterocycles. The smallest absolute Gasteiger partial charge is 0.166 e. The minimum absolute atomic E-state index is 0.0856. The van der Waals surface area contributed by atoms with Crippen LogP contribution in [0.25, 0.3) is 0 Å². The van der Waals surface area contributed by atoms with Gasteiger partial charge in [-0.2, -0.15) is 0 Å². The second-order valence-electron chi connectivity index (χ2n) is 5.93. The largest absolute Gasteiger partial charge is 0.298 e. The molecule has 0 spiro atoms. The number of alkyl halides is 3. The Morgan fingerprint density at radius 2 is 1.59 bits per heavy atom. The Labute approximate surface area is 125 Å². The second-order valence-corrected chi connectivity index (χ2v) is 10.2. The lowest BCUT2D eigenvalue weighted by Gasteiger charge is -2.25. The standard InChI is InChI=1S/C12H11Br3O2/c13-10-2-1-5-6(10)7-11(14,8(5)16)3-4-12(7,15)9(10)17/h5-7H,1-4H2/t5-,6+,7+,10+,11+,12-/m1/s1. The van der Waals surface area contributed by atoms with Gasteiger partial charge >= 0.3 is 0 Å². The summed E-state index contributed by atoms with van der Waals surface area (Å²) in [6.45, 7) is 0. The van der Waals surface area contributed by atoms with E-state index in [1.165, 1.54) is 0 Å². The summed E-state index contributed by atoms with van der Waals surface area (Å²) in [5, 5.41) is 0. The van der Waals surface area contributed by atoms with Gasteiger partial charge in [0.2, 0.25) is 0 Å². The summed E-state index contributed by atoms with van der Waals surface area (Å²) < 4.78 is -1.33. The fraction of sp³-hybridized carbons (Fsp3) is 0.833. The van der Waals surface area contributed by atoms with E-state index in [0.29, 0.717) is 5.78 Å². The fourth-order valence-corrected chi connectivity index (χ4v) is 9.01. The van der Waals surface area contributed by atoms with Gasteiger partial charge in [0.05, 0.1) is 13.0 Å². The van der Waals surface area contributed by atoms with Crippen molar-refractivity contribution in [2.75, 3.05) is 0 Å². The maximum absolute atomic E-state index is 12.7. The normalized spacial score (nSPS) is 63.6. The molecule has 0 unspecified atom stereocenters. The quantitative estimate of drug-likeness (QED) is 0.558. The molecule has 6 atom stereocenters. The molecule has 0 N–H and O–H groups in total. The number of hydrogen-bond donors (Lipinski definition) is 0. The number of Topliss-reactive ketones (excluding diaryl/α,β-unsaturated/α-hetero) is 2. The minimum Gasteiger partial charge on any atom is -0.298 e. The molecule has 5 heteroatoms. The van der Waals surface area contributed by atoms with Crippen molar-refractivity contribution < 1.29 is 9.59 Å². The maximum atomic E-state index is 12.7. The van der Waals surface area contributed by atoms with Crippen molar-refractivity contribution in [1.82, 2.24) is 0 Å². The third kappa shape index (κ3) is 0.960. The van der Waals surface area contributed by atoms with Crippen LogP contribution in [-0.2, 0) is 9.59 Å². The van der Waals surface area contributed by atoms with Crippen molar-refractivity contribution in [1.29, 1.82) is 0 Å². The lowest BCUT2D eigenvalue weighted by atomic mass is 9.89. The van der Waals surface area contributed by atoms with Crippen LogP contribution in [0, 0.1) is 17.8 Å². The van der Waals surface area contributed by atoms with E-state index in [-0.39, 0.29) is 23.5 Å². The van der Waals surface area contributed by atoms with Crippen molar-refractivity contribution in [3.63, 3.8) is 0 Å². The average molecular weight is 427 g/mol. The molecule has 0 bridgehead atoms. The maximum Gasteiger partial charge on any atom is 0.166 e. The molecule has 4 aliphatic carbocycles. The molecule has 0 aromatic heterocycles. The van der Waals surface area contributed by atoms with E-state index in [0.717, 1.165) is 25.7 Å². The molecule has 92 valence electrons. The van der Waals surface area contributed by atoms with Crippen molar-refractivity contribution in [3.05, 3.63) is 0 Å². The summed E-state index contributed by atoms with van der Waals surface area (Å²) in [6.07, 6.45) is 3.26. The Bertz CT molecular complexity index is 478. The molecule has 0 aliphatic heterocycles. The van der Waals surface area contributed by atoms with Crippen LogP contribution in [0.3, 0.4) is 0 Å². The Morgan fingerprint density at radius 1 is 0.941 bits per heavy atom. The van der Waals surface area contributed by atoms with Crippen molar-refractivity contribution in [3.8, 4) is 0 Å². The number of carbonyl (C=O) groups is 2. The van der Waals surface area contributed by atoms with Crippen LogP contribution in [0.15, 0.2) is 0 Å². The molecular formula is C12H11Br3O2. The zero-order valence-corrected chi connectivity index (χ0v) is 13.8. The van der Waals surface area contributed by atoms with E-state index in [9.17, 15) is 9.59 Å². The molecule has 2 nitrogen and oxygen atoms in total. The molecule has 0 amide bonds. The zero-order valence-electron chi connectivity index (χ0n) is 9.01. The van der Waals surface area contributed by atoms with E-state index in [1.54, 1.807) is 0 Å². The van der Waals surface area contributed by atoms with Gasteiger partial charge in [-0.05, 0) is 31.6 Å². The van der Waals surface area contributed by atoms with Gasteiger partial charge in [-0.1, -0.05) is 47.8 Å². The van der Waals surface area contributed by atoms with Gasteiger partial charge in [-0.3, -0.25) is 9.59 Å². The Kier molecular flexibility index (Phi) is 2.00. The number of rotatable bonds is 0. The molecular weight excluding hydrogens is 416 g/mol. The fourth-order valence-electron chi connectivity index (χ4n) is 4.88. The van der Waals surface area contributed by atoms with E-state index in [1.807, 2.05) is 0 Å². The molecule has 4 rings (SSSR count). The van der Waals surface area contributed by atoms with Gasteiger partial charge < -0.3 is 0 Å². The molecule has 0 aromatic carbocycles. The molecule has 4 saturated carbocycles. The molecule has 0 heterocycles. The Hall–Kier alpha value is 0.780. The number of carbonyl (C=O) groups excluding carboxylic acids is 2. The van der Waals surface area contributed by atoms with E-state index in [4.69, 9.17) is 0 Å². The lowest BCUT2D eigenvalue weighted by molar-refractivity contribution is -0.123. The van der Waals surface area contributed by atoms with Crippen LogP contribution >= 0.6 is 47.8 Å². The third-order valence-corrected chi connectivity index (χ3v) is 9.30. The average Bonchev–Trinajstić information content (AvgIpc) is 2.87.